The summed E-state index contributed by atoms with van der Waals surface area (Å²) in [4.78, 5) is 0. The van der Waals surface area contributed by atoms with Gasteiger partial charge in [-0.1, -0.05) is 0 Å². The third kappa shape index (κ3) is 3.30. The summed E-state index contributed by atoms with van der Waals surface area (Å²) in [5.74, 6) is 0. The van der Waals surface area contributed by atoms with Crippen LogP contribution < -0.4 is 0 Å². The van der Waals surface area contributed by atoms with Gasteiger partial charge in [0.2, 0.25) is 0 Å². The summed E-state index contributed by atoms with van der Waals surface area (Å²) in [7, 11) is 2.38. The minimum Gasteiger partial charge on any atom is -0.147 e. The second kappa shape index (κ2) is 6.76. The number of rotatable bonds is 2. The van der Waals surface area contributed by atoms with Crippen molar-refractivity contribution in [3.05, 3.63) is 41.2 Å². The molecule has 0 nitrogen and oxygen atoms in total. The van der Waals surface area contributed by atoms with Crippen molar-refractivity contribution in [1.82, 2.24) is 0 Å². The molecule has 0 radical (unpaired) electrons. The van der Waals surface area contributed by atoms with E-state index in [1.54, 1.807) is 33.4 Å². The molecule has 22 heavy (non-hydrogen) atoms. The van der Waals surface area contributed by atoms with Crippen LogP contribution in [0.1, 0.15) is 54.4 Å². The van der Waals surface area contributed by atoms with Crippen molar-refractivity contribution < 1.29 is 14.0 Å². The Morgan fingerprint density at radius 1 is 0.636 bits per heavy atom. The van der Waals surface area contributed by atoms with Crippen LogP contribution in [0.3, 0.4) is 0 Å². The van der Waals surface area contributed by atoms with Crippen LogP contribution >= 0.6 is 24.8 Å². The summed E-state index contributed by atoms with van der Waals surface area (Å²) < 4.78 is 3.65. The van der Waals surface area contributed by atoms with E-state index in [1.807, 2.05) is 7.76 Å². The first kappa shape index (κ1) is 22.5. The Kier molecular flexibility index (Phi) is 6.91. The van der Waals surface area contributed by atoms with E-state index < -0.39 is 14.0 Å². The maximum atomic E-state index is 2.64. The molecule has 4 heteroatoms. The van der Waals surface area contributed by atoms with Gasteiger partial charge >= 0.3 is 128 Å². The number of hydrogen-bond donors (Lipinski definition) is 0. The largest absolute Gasteiger partial charge is 0.147 e. The molecule has 0 bridgehead atoms. The molecule has 0 fully saturated rings. The van der Waals surface area contributed by atoms with E-state index in [1.165, 1.54) is 12.8 Å². The molecule has 0 saturated carbocycles. The van der Waals surface area contributed by atoms with Gasteiger partial charge in [-0.15, -0.1) is 24.8 Å². The maximum absolute atomic E-state index is 2.70. The number of hydrogen-bond acceptors (Lipinski definition) is 0. The first-order valence-corrected chi connectivity index (χ1v) is 16.5. The van der Waals surface area contributed by atoms with E-state index in [0.29, 0.717) is 0 Å². The summed E-state index contributed by atoms with van der Waals surface area (Å²) >= 11 is -2.70. The van der Waals surface area contributed by atoms with Crippen LogP contribution in [0, 0.1) is 0 Å². The van der Waals surface area contributed by atoms with Crippen molar-refractivity contribution in [2.75, 3.05) is 0 Å². The monoisotopic (exact) mass is 394 g/mol. The van der Waals surface area contributed by atoms with Gasteiger partial charge in [-0.25, -0.2) is 0 Å². The average Bonchev–Trinajstić information content (AvgIpc) is 2.75. The first-order valence-electron chi connectivity index (χ1n) is 7.77. The Balaban J connectivity index is 0.00000220. The van der Waals surface area contributed by atoms with E-state index in [9.17, 15) is 0 Å². The van der Waals surface area contributed by atoms with Gasteiger partial charge in [-0.3, -0.25) is 0 Å². The van der Waals surface area contributed by atoms with Gasteiger partial charge in [0.25, 0.3) is 0 Å². The molecule has 0 saturated heterocycles. The standard InChI is InChI=1S/2C8H11.2CH3.2ClH.H2Si.Ti/c2*1-6-4-5-7(2)8(6)3;;;;;;/h2*4H2,1-3H3;2*1H3;2*1H;1H2;. The molecular weight excluding hydrogens is 363 g/mol. The fraction of sp³-hybridized carbons (Fsp3) is 0.556. The predicted octanol–water partition coefficient (Wildman–Crippen LogP) is 6.19. The number of halogens is 2. The molecule has 0 amide bonds. The van der Waals surface area contributed by atoms with E-state index in [4.69, 9.17) is 0 Å². The summed E-state index contributed by atoms with van der Waals surface area (Å²) in [6, 6.07) is 0. The van der Waals surface area contributed by atoms with Crippen LogP contribution in [0.25, 0.3) is 0 Å². The van der Waals surface area contributed by atoms with E-state index in [-0.39, 0.29) is 24.8 Å². The number of allylic oxidation sites excluding steroid dienone is 8. The van der Waals surface area contributed by atoms with Crippen LogP contribution in [0.2, 0.25) is 10.5 Å². The second-order valence-electron chi connectivity index (χ2n) is 8.06. The first-order chi connectivity index (χ1) is 8.96. The molecule has 0 heterocycles. The summed E-state index contributed by atoms with van der Waals surface area (Å²) in [6.07, 6.45) is 2.47. The fourth-order valence-electron chi connectivity index (χ4n) is 4.11. The van der Waals surface area contributed by atoms with Crippen LogP contribution in [0.4, 0.5) is 0 Å². The maximum Gasteiger partial charge on any atom is -0.147 e. The minimum atomic E-state index is -2.70. The van der Waals surface area contributed by atoms with Crippen LogP contribution in [0.5, 0.6) is 0 Å². The van der Waals surface area contributed by atoms with Crippen molar-refractivity contribution in [3.63, 3.8) is 0 Å². The fourth-order valence-corrected chi connectivity index (χ4v) is 14.8. The summed E-state index contributed by atoms with van der Waals surface area (Å²) in [5.41, 5.74) is 9.54. The van der Waals surface area contributed by atoms with Gasteiger partial charge < -0.3 is 0 Å². The zero-order chi connectivity index (χ0) is 15.5. The van der Waals surface area contributed by atoms with Crippen molar-refractivity contribution in [3.8, 4) is 0 Å². The quantitative estimate of drug-likeness (QED) is 0.489. The van der Waals surface area contributed by atoms with Gasteiger partial charge in [-0.2, -0.15) is 0 Å². The Hall–Kier alpha value is 0.471. The molecule has 0 aromatic heterocycles. The molecule has 2 rings (SSSR count). The van der Waals surface area contributed by atoms with Gasteiger partial charge in [0.1, 0.15) is 0 Å². The molecule has 0 aromatic carbocycles. The van der Waals surface area contributed by atoms with Gasteiger partial charge in [0, 0.05) is 0 Å². The van der Waals surface area contributed by atoms with E-state index >= 15 is 0 Å². The molecule has 2 aliphatic carbocycles. The van der Waals surface area contributed by atoms with Crippen LogP contribution in [-0.4, -0.2) is 7.63 Å². The molecule has 0 aliphatic heterocycles. The molecule has 2 aliphatic rings. The van der Waals surface area contributed by atoms with Crippen molar-refractivity contribution in [1.29, 1.82) is 0 Å². The van der Waals surface area contributed by atoms with Gasteiger partial charge in [-0.05, 0) is 0 Å². The zero-order valence-corrected chi connectivity index (χ0v) is 20.0. The molecule has 0 N–H and O–H groups in total. The van der Waals surface area contributed by atoms with Crippen molar-refractivity contribution in [2.45, 2.75) is 64.8 Å². The Morgan fingerprint density at radius 3 is 1.09 bits per heavy atom. The summed E-state index contributed by atoms with van der Waals surface area (Å²) in [5, 5.41) is 5.29. The Morgan fingerprint density at radius 2 is 0.909 bits per heavy atom. The molecule has 0 atom stereocenters. The Bertz CT molecular complexity index is 643. The molecular formula is C18H32Cl2SiTi. The van der Waals surface area contributed by atoms with Gasteiger partial charge in [0.05, 0.1) is 0 Å². The normalized spacial score (nSPS) is 19.9. The van der Waals surface area contributed by atoms with Gasteiger partial charge in [0.15, 0.2) is 0 Å². The molecule has 0 aromatic rings. The second-order valence-corrected chi connectivity index (χ2v) is 27.1. The van der Waals surface area contributed by atoms with E-state index in [2.05, 4.69) is 59.6 Å². The SMILES string of the molecule is CC1=C(C)C(C)=[C]([Ti]([CH3])([CH3])(=[SiH2])[C]2=C(C)C(C)=C(C)C2)C1.Cl.Cl. The topological polar surface area (TPSA) is 0 Å². The molecule has 0 spiro atoms. The predicted molar refractivity (Wildman–Crippen MR) is 106 cm³/mol. The molecule has 0 unspecified atom stereocenters. The van der Waals surface area contributed by atoms with Crippen molar-refractivity contribution >= 4 is 32.4 Å². The minimum absolute atomic E-state index is 0. The molecule has 126 valence electrons. The van der Waals surface area contributed by atoms with E-state index in [0.717, 1.165) is 0 Å². The Labute approximate surface area is 151 Å². The van der Waals surface area contributed by atoms with Crippen LogP contribution in [0.15, 0.2) is 41.2 Å². The average molecular weight is 395 g/mol. The third-order valence-corrected chi connectivity index (χ3v) is 17.4. The zero-order valence-electron chi connectivity index (χ0n) is 15.4. The summed E-state index contributed by atoms with van der Waals surface area (Å²) in [6.45, 7) is 14.0. The smallest absolute Gasteiger partial charge is 0.147 e. The van der Waals surface area contributed by atoms with Crippen LogP contribution in [-0.2, 0) is 14.0 Å². The third-order valence-electron chi connectivity index (χ3n) is 6.13. The van der Waals surface area contributed by atoms with Crippen molar-refractivity contribution in [2.24, 2.45) is 0 Å².